The zero-order valence-corrected chi connectivity index (χ0v) is 14.7. The van der Waals surface area contributed by atoms with Gasteiger partial charge in [0.25, 0.3) is 0 Å². The normalized spacial score (nSPS) is 11.2. The largest absolute Gasteiger partial charge is 0.508 e. The van der Waals surface area contributed by atoms with Gasteiger partial charge in [0, 0.05) is 11.1 Å². The van der Waals surface area contributed by atoms with Crippen molar-refractivity contribution < 1.29 is 15.0 Å². The molecule has 0 unspecified atom stereocenters. The van der Waals surface area contributed by atoms with E-state index in [0.717, 1.165) is 16.3 Å². The standard InChI is InChI=1S/C21H20N2O3/c1-13-10-19(24)14(2)21(26)18(13)12-22-23-20(25)11-16-8-5-7-15-6-3-4-9-17(15)16/h3-10,12,24,26H,11H2,1-2H3,(H,23,25). The third-order valence-electron chi connectivity index (χ3n) is 4.39. The number of hydrazone groups is 1. The van der Waals surface area contributed by atoms with Crippen LogP contribution in [-0.2, 0) is 11.2 Å². The Hall–Kier alpha value is -3.34. The monoisotopic (exact) mass is 348 g/mol. The average molecular weight is 348 g/mol. The molecular formula is C21H20N2O3. The van der Waals surface area contributed by atoms with Gasteiger partial charge in [-0.1, -0.05) is 42.5 Å². The highest BCUT2D eigenvalue weighted by Crippen LogP contribution is 2.31. The highest BCUT2D eigenvalue weighted by atomic mass is 16.3. The van der Waals surface area contributed by atoms with Gasteiger partial charge in [-0.15, -0.1) is 0 Å². The summed E-state index contributed by atoms with van der Waals surface area (Å²) in [5, 5.41) is 25.9. The Morgan fingerprint density at radius 2 is 1.85 bits per heavy atom. The number of hydrogen-bond acceptors (Lipinski definition) is 4. The van der Waals surface area contributed by atoms with Crippen molar-refractivity contribution in [3.8, 4) is 11.5 Å². The summed E-state index contributed by atoms with van der Waals surface area (Å²) >= 11 is 0. The van der Waals surface area contributed by atoms with E-state index in [0.29, 0.717) is 16.7 Å². The van der Waals surface area contributed by atoms with Crippen molar-refractivity contribution in [3.05, 3.63) is 70.8 Å². The van der Waals surface area contributed by atoms with Gasteiger partial charge in [-0.25, -0.2) is 5.43 Å². The van der Waals surface area contributed by atoms with Crippen LogP contribution in [0, 0.1) is 13.8 Å². The summed E-state index contributed by atoms with van der Waals surface area (Å²) in [6.45, 7) is 3.36. The first-order valence-corrected chi connectivity index (χ1v) is 8.28. The Balaban J connectivity index is 1.73. The number of fused-ring (bicyclic) bond motifs is 1. The summed E-state index contributed by atoms with van der Waals surface area (Å²) in [6.07, 6.45) is 1.59. The first kappa shape index (κ1) is 17.5. The molecule has 0 atom stereocenters. The quantitative estimate of drug-likeness (QED) is 0.498. The van der Waals surface area contributed by atoms with Crippen molar-refractivity contribution in [2.75, 3.05) is 0 Å². The molecule has 0 saturated carbocycles. The Morgan fingerprint density at radius 1 is 1.12 bits per heavy atom. The van der Waals surface area contributed by atoms with Crippen LogP contribution < -0.4 is 5.43 Å². The minimum atomic E-state index is -0.245. The molecule has 0 heterocycles. The van der Waals surface area contributed by atoms with Crippen LogP contribution in [0.1, 0.15) is 22.3 Å². The number of rotatable bonds is 4. The Morgan fingerprint density at radius 3 is 2.65 bits per heavy atom. The number of hydrogen-bond donors (Lipinski definition) is 3. The fraction of sp³-hybridized carbons (Fsp3) is 0.143. The number of phenolic OH excluding ortho intramolecular Hbond substituents is 2. The molecule has 0 bridgehead atoms. The van der Waals surface area contributed by atoms with Gasteiger partial charge in [0.15, 0.2) is 0 Å². The van der Waals surface area contributed by atoms with Gasteiger partial charge in [0.1, 0.15) is 11.5 Å². The Kier molecular flexibility index (Phi) is 4.89. The van der Waals surface area contributed by atoms with Gasteiger partial charge >= 0.3 is 0 Å². The van der Waals surface area contributed by atoms with E-state index in [2.05, 4.69) is 10.5 Å². The summed E-state index contributed by atoms with van der Waals surface area (Å²) in [4.78, 5) is 12.2. The van der Waals surface area contributed by atoms with Gasteiger partial charge in [0.2, 0.25) is 5.91 Å². The number of phenols is 2. The second-order valence-electron chi connectivity index (χ2n) is 6.21. The predicted molar refractivity (Wildman–Crippen MR) is 103 cm³/mol. The molecule has 0 aliphatic rings. The molecule has 5 nitrogen and oxygen atoms in total. The molecule has 1 amide bonds. The number of amides is 1. The number of benzene rings is 3. The maximum atomic E-state index is 12.2. The summed E-state index contributed by atoms with van der Waals surface area (Å²) in [5.41, 5.74) is 4.92. The van der Waals surface area contributed by atoms with E-state index in [4.69, 9.17) is 0 Å². The summed E-state index contributed by atoms with van der Waals surface area (Å²) in [5.74, 6) is -0.267. The van der Waals surface area contributed by atoms with Crippen molar-refractivity contribution in [3.63, 3.8) is 0 Å². The smallest absolute Gasteiger partial charge is 0.244 e. The molecule has 0 radical (unpaired) electrons. The van der Waals surface area contributed by atoms with Crippen LogP contribution in [0.5, 0.6) is 11.5 Å². The molecule has 5 heteroatoms. The molecule has 0 saturated heterocycles. The summed E-state index contributed by atoms with van der Waals surface area (Å²) in [6, 6.07) is 15.3. The lowest BCUT2D eigenvalue weighted by Gasteiger charge is -2.09. The van der Waals surface area contributed by atoms with Gasteiger partial charge in [0.05, 0.1) is 12.6 Å². The van der Waals surface area contributed by atoms with E-state index in [9.17, 15) is 15.0 Å². The highest BCUT2D eigenvalue weighted by molar-refractivity contribution is 5.91. The minimum Gasteiger partial charge on any atom is -0.508 e. The molecule has 0 aliphatic carbocycles. The Bertz CT molecular complexity index is 1000. The van der Waals surface area contributed by atoms with Crippen LogP contribution in [-0.4, -0.2) is 22.3 Å². The summed E-state index contributed by atoms with van der Waals surface area (Å²) < 4.78 is 0. The maximum Gasteiger partial charge on any atom is 0.244 e. The highest BCUT2D eigenvalue weighted by Gasteiger charge is 2.11. The van der Waals surface area contributed by atoms with E-state index in [-0.39, 0.29) is 23.8 Å². The second-order valence-corrected chi connectivity index (χ2v) is 6.21. The molecule has 3 aromatic rings. The maximum absolute atomic E-state index is 12.2. The van der Waals surface area contributed by atoms with E-state index in [1.54, 1.807) is 19.9 Å². The van der Waals surface area contributed by atoms with Gasteiger partial charge in [-0.05, 0) is 41.8 Å². The molecule has 26 heavy (non-hydrogen) atoms. The number of nitrogens with one attached hydrogen (secondary N) is 1. The SMILES string of the molecule is Cc1cc(O)c(C)c(O)c1C=NNC(=O)Cc1cccc2ccccc12. The van der Waals surface area contributed by atoms with Crippen LogP contribution in [0.2, 0.25) is 0 Å². The van der Waals surface area contributed by atoms with E-state index < -0.39 is 0 Å². The zero-order valence-electron chi connectivity index (χ0n) is 14.7. The lowest BCUT2D eigenvalue weighted by molar-refractivity contribution is -0.120. The fourth-order valence-electron chi connectivity index (χ4n) is 2.89. The molecule has 0 aliphatic heterocycles. The molecule has 0 aromatic heterocycles. The zero-order chi connectivity index (χ0) is 18.7. The lowest BCUT2D eigenvalue weighted by Crippen LogP contribution is -2.20. The third-order valence-corrected chi connectivity index (χ3v) is 4.39. The summed E-state index contributed by atoms with van der Waals surface area (Å²) in [7, 11) is 0. The van der Waals surface area contributed by atoms with Crippen molar-refractivity contribution in [2.24, 2.45) is 5.10 Å². The van der Waals surface area contributed by atoms with Crippen LogP contribution in [0.3, 0.4) is 0 Å². The number of aryl methyl sites for hydroxylation is 1. The van der Waals surface area contributed by atoms with Crippen molar-refractivity contribution >= 4 is 22.9 Å². The number of nitrogens with zero attached hydrogens (tertiary/aromatic N) is 1. The molecule has 0 fully saturated rings. The van der Waals surface area contributed by atoms with Gasteiger partial charge < -0.3 is 10.2 Å². The first-order chi connectivity index (χ1) is 12.5. The van der Waals surface area contributed by atoms with Crippen molar-refractivity contribution in [1.29, 1.82) is 0 Å². The molecule has 3 aromatic carbocycles. The topological polar surface area (TPSA) is 81.9 Å². The van der Waals surface area contributed by atoms with E-state index in [1.807, 2.05) is 42.5 Å². The van der Waals surface area contributed by atoms with Crippen LogP contribution >= 0.6 is 0 Å². The molecule has 132 valence electrons. The Labute approximate surface area is 151 Å². The first-order valence-electron chi connectivity index (χ1n) is 8.28. The fourth-order valence-corrected chi connectivity index (χ4v) is 2.89. The number of aromatic hydroxyl groups is 2. The third kappa shape index (κ3) is 3.52. The van der Waals surface area contributed by atoms with Crippen LogP contribution in [0.15, 0.2) is 53.6 Å². The average Bonchev–Trinajstić information content (AvgIpc) is 2.63. The number of carbonyl (C=O) groups excluding carboxylic acids is 1. The van der Waals surface area contributed by atoms with Crippen molar-refractivity contribution in [1.82, 2.24) is 5.43 Å². The molecule has 3 rings (SSSR count). The predicted octanol–water partition coefficient (Wildman–Crippen LogP) is 3.56. The molecule has 3 N–H and O–H groups in total. The van der Waals surface area contributed by atoms with Gasteiger partial charge in [-0.2, -0.15) is 5.10 Å². The lowest BCUT2D eigenvalue weighted by atomic mass is 10.0. The number of carbonyl (C=O) groups is 1. The van der Waals surface area contributed by atoms with Crippen LogP contribution in [0.4, 0.5) is 0 Å². The molecule has 0 spiro atoms. The second kappa shape index (κ2) is 7.27. The van der Waals surface area contributed by atoms with E-state index in [1.165, 1.54) is 6.21 Å². The molecular weight excluding hydrogens is 328 g/mol. The van der Waals surface area contributed by atoms with Crippen LogP contribution in [0.25, 0.3) is 10.8 Å². The van der Waals surface area contributed by atoms with E-state index >= 15 is 0 Å². The minimum absolute atomic E-state index is 0.0251. The van der Waals surface area contributed by atoms with Crippen molar-refractivity contribution in [2.45, 2.75) is 20.3 Å². The van der Waals surface area contributed by atoms with Gasteiger partial charge in [-0.3, -0.25) is 4.79 Å².